The normalized spacial score (nSPS) is 16.3. The van der Waals surface area contributed by atoms with Gasteiger partial charge in [-0.15, -0.1) is 0 Å². The van der Waals surface area contributed by atoms with Gasteiger partial charge >= 0.3 is 0 Å². The van der Waals surface area contributed by atoms with Crippen LogP contribution in [0.3, 0.4) is 0 Å². The van der Waals surface area contributed by atoms with Crippen LogP contribution >= 0.6 is 0 Å². The van der Waals surface area contributed by atoms with Crippen molar-refractivity contribution in [1.82, 2.24) is 10.2 Å². The Morgan fingerprint density at radius 2 is 1.86 bits per heavy atom. The first-order chi connectivity index (χ1) is 14.0. The van der Waals surface area contributed by atoms with Crippen LogP contribution in [0.5, 0.6) is 5.75 Å². The number of halogens is 1. The van der Waals surface area contributed by atoms with Gasteiger partial charge in [-0.05, 0) is 67.1 Å². The molecule has 0 unspecified atom stereocenters. The molecule has 2 aromatic carbocycles. The van der Waals surface area contributed by atoms with Crippen LogP contribution in [-0.2, 0) is 11.2 Å². The van der Waals surface area contributed by atoms with E-state index in [1.807, 2.05) is 29.2 Å². The first-order valence-corrected chi connectivity index (χ1v) is 9.99. The number of hydrogen-bond donors (Lipinski definition) is 1. The van der Waals surface area contributed by atoms with E-state index in [1.165, 1.54) is 24.3 Å². The van der Waals surface area contributed by atoms with Gasteiger partial charge in [0, 0.05) is 31.6 Å². The molecule has 1 aliphatic heterocycles. The van der Waals surface area contributed by atoms with E-state index in [4.69, 9.17) is 4.74 Å². The molecule has 154 valence electrons. The van der Waals surface area contributed by atoms with Gasteiger partial charge in [0.05, 0.1) is 7.11 Å². The lowest BCUT2D eigenvalue weighted by molar-refractivity contribution is -0.132. The molecule has 1 aliphatic rings. The standard InChI is InChI=1S/C23H27FN2O3/c1-29-21-11-4-17(5-12-21)6-13-22(27)26-14-2-3-18(16-26)15-25-23(28)19-7-9-20(24)10-8-19/h4-5,7-12,18H,2-3,6,13-16H2,1H3,(H,25,28)/t18-/m0/s1. The average Bonchev–Trinajstić information content (AvgIpc) is 2.77. The molecule has 2 amide bonds. The van der Waals surface area contributed by atoms with Crippen LogP contribution in [0.4, 0.5) is 4.39 Å². The molecule has 0 aliphatic carbocycles. The highest BCUT2D eigenvalue weighted by atomic mass is 19.1. The van der Waals surface area contributed by atoms with Crippen molar-refractivity contribution in [3.63, 3.8) is 0 Å². The number of aryl methyl sites for hydroxylation is 1. The van der Waals surface area contributed by atoms with Crippen LogP contribution < -0.4 is 10.1 Å². The van der Waals surface area contributed by atoms with Crippen molar-refractivity contribution in [2.75, 3.05) is 26.7 Å². The van der Waals surface area contributed by atoms with Crippen molar-refractivity contribution < 1.29 is 18.7 Å². The molecular weight excluding hydrogens is 371 g/mol. The number of nitrogens with one attached hydrogen (secondary N) is 1. The molecule has 1 fully saturated rings. The summed E-state index contributed by atoms with van der Waals surface area (Å²) >= 11 is 0. The van der Waals surface area contributed by atoms with Crippen molar-refractivity contribution in [2.24, 2.45) is 5.92 Å². The topological polar surface area (TPSA) is 58.6 Å². The van der Waals surface area contributed by atoms with E-state index < -0.39 is 0 Å². The van der Waals surface area contributed by atoms with Crippen LogP contribution in [-0.4, -0.2) is 43.5 Å². The number of methoxy groups -OCH3 is 1. The molecule has 0 aromatic heterocycles. The molecule has 3 rings (SSSR count). The number of carbonyl (C=O) groups excluding carboxylic acids is 2. The minimum absolute atomic E-state index is 0.148. The maximum Gasteiger partial charge on any atom is 0.251 e. The number of rotatable bonds is 7. The van der Waals surface area contributed by atoms with Gasteiger partial charge in [-0.25, -0.2) is 4.39 Å². The zero-order chi connectivity index (χ0) is 20.6. The minimum Gasteiger partial charge on any atom is -0.497 e. The summed E-state index contributed by atoms with van der Waals surface area (Å²) < 4.78 is 18.1. The third-order valence-electron chi connectivity index (χ3n) is 5.32. The van der Waals surface area contributed by atoms with Crippen molar-refractivity contribution in [3.8, 4) is 5.75 Å². The summed E-state index contributed by atoms with van der Waals surface area (Å²) in [5.41, 5.74) is 1.55. The summed E-state index contributed by atoms with van der Waals surface area (Å²) in [6, 6.07) is 13.3. The molecule has 0 radical (unpaired) electrons. The minimum atomic E-state index is -0.363. The zero-order valence-electron chi connectivity index (χ0n) is 16.7. The SMILES string of the molecule is COc1ccc(CCC(=O)N2CCC[C@@H](CNC(=O)c3ccc(F)cc3)C2)cc1. The Balaban J connectivity index is 1.44. The number of likely N-dealkylation sites (tertiary alicyclic amines) is 1. The fraction of sp³-hybridized carbons (Fsp3) is 0.391. The molecule has 6 heteroatoms. The average molecular weight is 398 g/mol. The van der Waals surface area contributed by atoms with E-state index in [1.54, 1.807) is 7.11 Å². The quantitative estimate of drug-likeness (QED) is 0.777. The second kappa shape index (κ2) is 10.0. The monoisotopic (exact) mass is 398 g/mol. The molecule has 1 N–H and O–H groups in total. The second-order valence-corrected chi connectivity index (χ2v) is 7.41. The zero-order valence-corrected chi connectivity index (χ0v) is 16.7. The van der Waals surface area contributed by atoms with Gasteiger partial charge in [-0.2, -0.15) is 0 Å². The maximum atomic E-state index is 13.0. The van der Waals surface area contributed by atoms with Gasteiger partial charge < -0.3 is 15.0 Å². The van der Waals surface area contributed by atoms with Gasteiger partial charge in [0.25, 0.3) is 5.91 Å². The number of piperidine rings is 1. The Labute approximate surface area is 170 Å². The molecule has 1 saturated heterocycles. The highest BCUT2D eigenvalue weighted by molar-refractivity contribution is 5.94. The highest BCUT2D eigenvalue weighted by Gasteiger charge is 2.24. The Morgan fingerprint density at radius 1 is 1.14 bits per heavy atom. The van der Waals surface area contributed by atoms with Crippen molar-refractivity contribution >= 4 is 11.8 Å². The first-order valence-electron chi connectivity index (χ1n) is 9.99. The highest BCUT2D eigenvalue weighted by Crippen LogP contribution is 2.18. The fourth-order valence-corrected chi connectivity index (χ4v) is 3.60. The fourth-order valence-electron chi connectivity index (χ4n) is 3.60. The number of amides is 2. The predicted octanol–water partition coefficient (Wildman–Crippen LogP) is 3.44. The number of hydrogen-bond acceptors (Lipinski definition) is 3. The molecular formula is C23H27FN2O3. The Morgan fingerprint density at radius 3 is 2.55 bits per heavy atom. The molecule has 1 atom stereocenters. The largest absolute Gasteiger partial charge is 0.497 e. The third-order valence-corrected chi connectivity index (χ3v) is 5.32. The summed E-state index contributed by atoms with van der Waals surface area (Å²) in [4.78, 5) is 26.7. The van der Waals surface area contributed by atoms with Crippen LogP contribution in [0.15, 0.2) is 48.5 Å². The van der Waals surface area contributed by atoms with E-state index in [9.17, 15) is 14.0 Å². The van der Waals surface area contributed by atoms with E-state index in [0.29, 0.717) is 31.5 Å². The Hall–Kier alpha value is -2.89. The number of carbonyl (C=O) groups is 2. The predicted molar refractivity (Wildman–Crippen MR) is 109 cm³/mol. The molecule has 0 spiro atoms. The maximum absolute atomic E-state index is 13.0. The van der Waals surface area contributed by atoms with Gasteiger partial charge in [-0.3, -0.25) is 9.59 Å². The summed E-state index contributed by atoms with van der Waals surface area (Å²) in [5, 5.41) is 2.91. The molecule has 0 bridgehead atoms. The van der Waals surface area contributed by atoms with Gasteiger partial charge in [-0.1, -0.05) is 12.1 Å². The summed E-state index contributed by atoms with van der Waals surface area (Å²) in [5.74, 6) is 0.612. The smallest absolute Gasteiger partial charge is 0.251 e. The summed E-state index contributed by atoms with van der Waals surface area (Å²) in [6.07, 6.45) is 3.09. The first kappa shape index (κ1) is 20.8. The second-order valence-electron chi connectivity index (χ2n) is 7.41. The van der Waals surface area contributed by atoms with E-state index in [-0.39, 0.29) is 23.5 Å². The molecule has 29 heavy (non-hydrogen) atoms. The van der Waals surface area contributed by atoms with Crippen LogP contribution in [0.2, 0.25) is 0 Å². The lowest BCUT2D eigenvalue weighted by Gasteiger charge is -2.33. The summed E-state index contributed by atoms with van der Waals surface area (Å²) in [7, 11) is 1.63. The lowest BCUT2D eigenvalue weighted by Crippen LogP contribution is -2.43. The molecule has 2 aromatic rings. The number of benzene rings is 2. The Kier molecular flexibility index (Phi) is 7.22. The molecule has 1 heterocycles. The third kappa shape index (κ3) is 6.04. The number of nitrogens with zero attached hydrogens (tertiary/aromatic N) is 1. The van der Waals surface area contributed by atoms with Crippen molar-refractivity contribution in [1.29, 1.82) is 0 Å². The van der Waals surface area contributed by atoms with Gasteiger partial charge in [0.2, 0.25) is 5.91 Å². The Bertz CT molecular complexity index is 821. The lowest BCUT2D eigenvalue weighted by atomic mass is 9.97. The van der Waals surface area contributed by atoms with E-state index in [2.05, 4.69) is 5.32 Å². The van der Waals surface area contributed by atoms with Crippen molar-refractivity contribution in [3.05, 3.63) is 65.5 Å². The van der Waals surface area contributed by atoms with Crippen LogP contribution in [0, 0.1) is 11.7 Å². The molecule has 5 nitrogen and oxygen atoms in total. The van der Waals surface area contributed by atoms with Gasteiger partial charge in [0.1, 0.15) is 11.6 Å². The number of ether oxygens (including phenoxy) is 1. The van der Waals surface area contributed by atoms with Crippen molar-refractivity contribution in [2.45, 2.75) is 25.7 Å². The van der Waals surface area contributed by atoms with Crippen LogP contribution in [0.1, 0.15) is 35.2 Å². The van der Waals surface area contributed by atoms with E-state index in [0.717, 1.165) is 30.7 Å². The van der Waals surface area contributed by atoms with Crippen LogP contribution in [0.25, 0.3) is 0 Å². The van der Waals surface area contributed by atoms with Gasteiger partial charge in [0.15, 0.2) is 0 Å². The van der Waals surface area contributed by atoms with E-state index >= 15 is 0 Å². The molecule has 0 saturated carbocycles. The summed E-state index contributed by atoms with van der Waals surface area (Å²) in [6.45, 7) is 1.94.